The highest BCUT2D eigenvalue weighted by atomic mass is 16.4. The van der Waals surface area contributed by atoms with Crippen molar-refractivity contribution in [3.05, 3.63) is 83.4 Å². The summed E-state index contributed by atoms with van der Waals surface area (Å²) >= 11 is 0. The van der Waals surface area contributed by atoms with Gasteiger partial charge in [0.1, 0.15) is 0 Å². The highest BCUT2D eigenvalue weighted by molar-refractivity contribution is 6.13. The number of benzene rings is 2. The zero-order valence-corrected chi connectivity index (χ0v) is 12.3. The lowest BCUT2D eigenvalue weighted by Gasteiger charge is -2.08. The van der Waals surface area contributed by atoms with Gasteiger partial charge in [-0.15, -0.1) is 6.58 Å². The molecule has 5 heteroatoms. The van der Waals surface area contributed by atoms with Gasteiger partial charge in [0.05, 0.1) is 23.4 Å². The van der Waals surface area contributed by atoms with E-state index in [0.29, 0.717) is 12.3 Å². The van der Waals surface area contributed by atoms with Gasteiger partial charge in [-0.25, -0.2) is 9.59 Å². The lowest BCUT2D eigenvalue weighted by molar-refractivity contribution is 0.0686. The molecule has 2 N–H and O–H groups in total. The molecule has 2 rings (SSSR count). The second-order valence-electron chi connectivity index (χ2n) is 4.74. The van der Waals surface area contributed by atoms with Crippen LogP contribution in [-0.2, 0) is 0 Å². The van der Waals surface area contributed by atoms with Gasteiger partial charge in [-0.3, -0.25) is 4.99 Å². The van der Waals surface area contributed by atoms with E-state index in [2.05, 4.69) is 11.6 Å². The fourth-order valence-corrected chi connectivity index (χ4v) is 2.05. The Hall–Kier alpha value is -3.21. The number of carboxylic acids is 2. The van der Waals surface area contributed by atoms with Crippen molar-refractivity contribution in [1.29, 1.82) is 0 Å². The largest absolute Gasteiger partial charge is 0.478 e. The second kappa shape index (κ2) is 7.17. The lowest BCUT2D eigenvalue weighted by atomic mass is 10.00. The Bertz CT molecular complexity index is 699. The average Bonchev–Trinajstić information content (AvgIpc) is 2.56. The molecule has 2 aromatic carbocycles. The molecule has 23 heavy (non-hydrogen) atoms. The highest BCUT2D eigenvalue weighted by Crippen LogP contribution is 2.14. The lowest BCUT2D eigenvalue weighted by Crippen LogP contribution is -2.06. The zero-order valence-electron chi connectivity index (χ0n) is 12.3. The van der Waals surface area contributed by atoms with E-state index in [0.717, 1.165) is 11.1 Å². The summed E-state index contributed by atoms with van der Waals surface area (Å²) in [6.45, 7) is 4.03. The number of carboxylic acid groups (broad SMARTS) is 2. The molecule has 0 heterocycles. The summed E-state index contributed by atoms with van der Waals surface area (Å²) in [5.41, 5.74) is 2.54. The molecule has 0 bridgehead atoms. The molecule has 0 spiro atoms. The summed E-state index contributed by atoms with van der Waals surface area (Å²) in [6, 6.07) is 12.7. The predicted octanol–water partition coefficient (Wildman–Crippen LogP) is 3.11. The number of carbonyl (C=O) groups is 2. The molecule has 0 saturated carbocycles. The number of aliphatic imine (C=N–C) groups is 1. The van der Waals surface area contributed by atoms with Gasteiger partial charge in [0.2, 0.25) is 0 Å². The molecule has 0 aliphatic rings. The summed E-state index contributed by atoms with van der Waals surface area (Å²) in [5, 5.41) is 17.9. The summed E-state index contributed by atoms with van der Waals surface area (Å²) in [7, 11) is 0. The van der Waals surface area contributed by atoms with Crippen LogP contribution in [0.5, 0.6) is 0 Å². The van der Waals surface area contributed by atoms with Crippen molar-refractivity contribution < 1.29 is 19.8 Å². The molecule has 0 amide bonds. The van der Waals surface area contributed by atoms with Crippen LogP contribution in [0.15, 0.2) is 66.2 Å². The maximum atomic E-state index is 10.9. The van der Waals surface area contributed by atoms with Crippen molar-refractivity contribution in [3.63, 3.8) is 0 Å². The van der Waals surface area contributed by atoms with Crippen molar-refractivity contribution >= 4 is 17.7 Å². The topological polar surface area (TPSA) is 87.0 Å². The minimum atomic E-state index is -0.994. The molecule has 0 atom stereocenters. The van der Waals surface area contributed by atoms with Gasteiger partial charge in [-0.1, -0.05) is 30.3 Å². The van der Waals surface area contributed by atoms with Crippen molar-refractivity contribution in [3.8, 4) is 0 Å². The summed E-state index contributed by atoms with van der Waals surface area (Å²) in [4.78, 5) is 26.3. The predicted molar refractivity (Wildman–Crippen MR) is 87.5 cm³/mol. The smallest absolute Gasteiger partial charge is 0.335 e. The summed E-state index contributed by atoms with van der Waals surface area (Å²) in [6.07, 6.45) is 1.65. The first-order valence-corrected chi connectivity index (χ1v) is 6.85. The van der Waals surface area contributed by atoms with Crippen LogP contribution < -0.4 is 0 Å². The fourth-order valence-electron chi connectivity index (χ4n) is 2.05. The maximum Gasteiger partial charge on any atom is 0.335 e. The Labute approximate surface area is 133 Å². The first-order valence-electron chi connectivity index (χ1n) is 6.85. The molecule has 0 saturated heterocycles. The molecule has 0 aromatic heterocycles. The molecule has 0 radical (unpaired) electrons. The van der Waals surface area contributed by atoms with Gasteiger partial charge in [-0.2, -0.15) is 0 Å². The third kappa shape index (κ3) is 3.91. The molecule has 116 valence electrons. The molecular weight excluding hydrogens is 294 g/mol. The van der Waals surface area contributed by atoms with Gasteiger partial charge in [0.25, 0.3) is 0 Å². The van der Waals surface area contributed by atoms with E-state index < -0.39 is 11.9 Å². The van der Waals surface area contributed by atoms with Gasteiger partial charge < -0.3 is 10.2 Å². The van der Waals surface area contributed by atoms with Crippen LogP contribution in [0.4, 0.5) is 0 Å². The van der Waals surface area contributed by atoms with Gasteiger partial charge in [0.15, 0.2) is 0 Å². The van der Waals surface area contributed by atoms with E-state index in [1.807, 2.05) is 0 Å². The molecule has 5 nitrogen and oxygen atoms in total. The van der Waals surface area contributed by atoms with E-state index in [1.165, 1.54) is 24.3 Å². The number of hydrogen-bond acceptors (Lipinski definition) is 3. The van der Waals surface area contributed by atoms with Crippen LogP contribution in [0, 0.1) is 0 Å². The number of nitrogens with zero attached hydrogens (tertiary/aromatic N) is 1. The van der Waals surface area contributed by atoms with Crippen LogP contribution in [-0.4, -0.2) is 34.4 Å². The zero-order chi connectivity index (χ0) is 16.8. The van der Waals surface area contributed by atoms with E-state index in [4.69, 9.17) is 10.2 Å². The van der Waals surface area contributed by atoms with E-state index in [1.54, 1.807) is 30.3 Å². The summed E-state index contributed by atoms with van der Waals surface area (Å²) in [5.74, 6) is -1.99. The van der Waals surface area contributed by atoms with E-state index in [-0.39, 0.29) is 11.1 Å². The Morgan fingerprint density at radius 2 is 1.17 bits per heavy atom. The quantitative estimate of drug-likeness (QED) is 0.634. The van der Waals surface area contributed by atoms with Crippen molar-refractivity contribution in [2.45, 2.75) is 0 Å². The SMILES string of the molecule is C=CCN=C(c1ccc(C(=O)O)cc1)c1ccc(C(=O)O)cc1. The number of aromatic carboxylic acids is 2. The molecular formula is C18H15NO4. The highest BCUT2D eigenvalue weighted by Gasteiger charge is 2.10. The Balaban J connectivity index is 2.42. The van der Waals surface area contributed by atoms with Crippen LogP contribution in [0.3, 0.4) is 0 Å². The van der Waals surface area contributed by atoms with Crippen LogP contribution in [0.1, 0.15) is 31.8 Å². The van der Waals surface area contributed by atoms with Crippen molar-refractivity contribution in [1.82, 2.24) is 0 Å². The third-order valence-corrected chi connectivity index (χ3v) is 3.19. The van der Waals surface area contributed by atoms with E-state index >= 15 is 0 Å². The van der Waals surface area contributed by atoms with Crippen molar-refractivity contribution in [2.24, 2.45) is 4.99 Å². The summed E-state index contributed by atoms with van der Waals surface area (Å²) < 4.78 is 0. The molecule has 2 aromatic rings. The third-order valence-electron chi connectivity index (χ3n) is 3.19. The standard InChI is InChI=1S/C18H15NO4/c1-2-11-19-16(12-3-7-14(8-4-12)17(20)21)13-5-9-15(10-6-13)18(22)23/h2-10H,1,11H2,(H,20,21)(H,22,23). The first-order chi connectivity index (χ1) is 11.0. The minimum absolute atomic E-state index is 0.193. The normalized spacial score (nSPS) is 9.91. The van der Waals surface area contributed by atoms with Crippen LogP contribution >= 0.6 is 0 Å². The molecule has 0 aliphatic heterocycles. The monoisotopic (exact) mass is 309 g/mol. The average molecular weight is 309 g/mol. The molecule has 0 fully saturated rings. The van der Waals surface area contributed by atoms with Crippen LogP contribution in [0.2, 0.25) is 0 Å². The number of hydrogen-bond donors (Lipinski definition) is 2. The van der Waals surface area contributed by atoms with E-state index in [9.17, 15) is 9.59 Å². The fraction of sp³-hybridized carbons (Fsp3) is 0.0556. The molecule has 0 aliphatic carbocycles. The Kier molecular flexibility index (Phi) is 5.04. The van der Waals surface area contributed by atoms with Gasteiger partial charge >= 0.3 is 11.9 Å². The van der Waals surface area contributed by atoms with Gasteiger partial charge in [-0.05, 0) is 24.3 Å². The van der Waals surface area contributed by atoms with Crippen LogP contribution in [0.25, 0.3) is 0 Å². The molecule has 0 unspecified atom stereocenters. The van der Waals surface area contributed by atoms with Crippen molar-refractivity contribution in [2.75, 3.05) is 6.54 Å². The first kappa shape index (κ1) is 16.2. The Morgan fingerprint density at radius 1 is 0.826 bits per heavy atom. The Morgan fingerprint density at radius 3 is 1.48 bits per heavy atom. The minimum Gasteiger partial charge on any atom is -0.478 e. The number of rotatable bonds is 6. The van der Waals surface area contributed by atoms with Gasteiger partial charge in [0, 0.05) is 11.1 Å². The second-order valence-corrected chi connectivity index (χ2v) is 4.74. The maximum absolute atomic E-state index is 10.9.